The van der Waals surface area contributed by atoms with Crippen LogP contribution in [-0.2, 0) is 12.8 Å². The minimum Gasteiger partial charge on any atom is -0.143 e. The monoisotopic (exact) mass is 334 g/mol. The van der Waals surface area contributed by atoms with E-state index in [9.17, 15) is 0 Å². The molecule has 0 saturated carbocycles. The van der Waals surface area contributed by atoms with Gasteiger partial charge in [0.05, 0.1) is 0 Å². The van der Waals surface area contributed by atoms with Gasteiger partial charge in [0.15, 0.2) is 0 Å². The normalized spacial score (nSPS) is 12.7. The maximum Gasteiger partial charge on any atom is 0.00405 e. The SMILES string of the molecule is C=C(S)c1ccc(C/C=C\c2ccc3c(c2)CCC3=C)cc1.CC. The van der Waals surface area contributed by atoms with Gasteiger partial charge in [-0.3, -0.25) is 0 Å². The Morgan fingerprint density at radius 3 is 2.46 bits per heavy atom. The second kappa shape index (κ2) is 8.75. The van der Waals surface area contributed by atoms with Gasteiger partial charge in [-0.05, 0) is 52.7 Å². The molecule has 1 heteroatoms. The summed E-state index contributed by atoms with van der Waals surface area (Å²) in [6.45, 7) is 12.0. The van der Waals surface area contributed by atoms with E-state index >= 15 is 0 Å². The minimum absolute atomic E-state index is 0.807. The zero-order chi connectivity index (χ0) is 17.5. The van der Waals surface area contributed by atoms with Crippen molar-refractivity contribution in [3.05, 3.63) is 89.5 Å². The third-order valence-electron chi connectivity index (χ3n) is 4.16. The fourth-order valence-electron chi connectivity index (χ4n) is 2.85. The molecule has 0 amide bonds. The molecular weight excluding hydrogens is 308 g/mol. The van der Waals surface area contributed by atoms with Crippen molar-refractivity contribution in [1.29, 1.82) is 0 Å². The van der Waals surface area contributed by atoms with Crippen molar-refractivity contribution in [2.24, 2.45) is 0 Å². The average Bonchev–Trinajstić information content (AvgIpc) is 2.98. The predicted octanol–water partition coefficient (Wildman–Crippen LogP) is 6.83. The lowest BCUT2D eigenvalue weighted by Gasteiger charge is -2.02. The Balaban J connectivity index is 0.00000100. The molecule has 0 atom stereocenters. The van der Waals surface area contributed by atoms with Gasteiger partial charge in [-0.15, -0.1) is 12.6 Å². The van der Waals surface area contributed by atoms with E-state index in [2.05, 4.69) is 80.4 Å². The van der Waals surface area contributed by atoms with Crippen LogP contribution in [0.2, 0.25) is 0 Å². The molecule has 0 radical (unpaired) electrons. The number of fused-ring (bicyclic) bond motifs is 1. The molecule has 1 aliphatic rings. The summed E-state index contributed by atoms with van der Waals surface area (Å²) < 4.78 is 0. The highest BCUT2D eigenvalue weighted by Crippen LogP contribution is 2.31. The van der Waals surface area contributed by atoms with E-state index in [4.69, 9.17) is 0 Å². The fourth-order valence-corrected chi connectivity index (χ4v) is 3.00. The molecule has 0 heterocycles. The van der Waals surface area contributed by atoms with Crippen molar-refractivity contribution in [3.8, 4) is 0 Å². The van der Waals surface area contributed by atoms with Crippen molar-refractivity contribution in [3.63, 3.8) is 0 Å². The van der Waals surface area contributed by atoms with E-state index in [1.165, 1.54) is 27.8 Å². The quantitative estimate of drug-likeness (QED) is 0.582. The van der Waals surface area contributed by atoms with Crippen LogP contribution in [0, 0.1) is 0 Å². The third kappa shape index (κ3) is 4.52. The van der Waals surface area contributed by atoms with Gasteiger partial charge in [0.25, 0.3) is 0 Å². The minimum atomic E-state index is 0.807. The molecule has 0 spiro atoms. The molecule has 0 saturated heterocycles. The topological polar surface area (TPSA) is 0 Å². The Kier molecular flexibility index (Phi) is 6.69. The van der Waals surface area contributed by atoms with Crippen molar-refractivity contribution < 1.29 is 0 Å². The lowest BCUT2D eigenvalue weighted by molar-refractivity contribution is 1.08. The summed E-state index contributed by atoms with van der Waals surface area (Å²) in [7, 11) is 0. The van der Waals surface area contributed by atoms with Gasteiger partial charge in [-0.2, -0.15) is 0 Å². The highest BCUT2D eigenvalue weighted by atomic mass is 32.1. The van der Waals surface area contributed by atoms with Crippen molar-refractivity contribution in [2.45, 2.75) is 33.1 Å². The van der Waals surface area contributed by atoms with Crippen LogP contribution in [0.4, 0.5) is 0 Å². The van der Waals surface area contributed by atoms with Crippen molar-refractivity contribution in [1.82, 2.24) is 0 Å². The molecule has 0 unspecified atom stereocenters. The van der Waals surface area contributed by atoms with Crippen LogP contribution >= 0.6 is 12.6 Å². The number of allylic oxidation sites excluding steroid dienone is 2. The molecule has 2 aromatic rings. The second-order valence-electron chi connectivity index (χ2n) is 5.77. The lowest BCUT2D eigenvalue weighted by atomic mass is 10.0. The summed E-state index contributed by atoms with van der Waals surface area (Å²) in [5, 5.41) is 0. The molecule has 2 aromatic carbocycles. The summed E-state index contributed by atoms with van der Waals surface area (Å²) in [5.41, 5.74) is 7.70. The van der Waals surface area contributed by atoms with Crippen LogP contribution in [0.1, 0.15) is 48.1 Å². The summed E-state index contributed by atoms with van der Waals surface area (Å²) in [4.78, 5) is 0.807. The molecule has 0 N–H and O–H groups in total. The van der Waals surface area contributed by atoms with Gasteiger partial charge in [-0.1, -0.05) is 81.6 Å². The zero-order valence-corrected chi connectivity index (χ0v) is 15.6. The van der Waals surface area contributed by atoms with Crippen molar-refractivity contribution >= 4 is 29.2 Å². The van der Waals surface area contributed by atoms with Crippen LogP contribution in [0.5, 0.6) is 0 Å². The summed E-state index contributed by atoms with van der Waals surface area (Å²) in [5.74, 6) is 0. The van der Waals surface area contributed by atoms with Gasteiger partial charge in [-0.25, -0.2) is 0 Å². The highest BCUT2D eigenvalue weighted by molar-refractivity contribution is 7.90. The molecule has 0 aromatic heterocycles. The molecule has 3 rings (SSSR count). The standard InChI is InChI=1S/C21H20S.C2H6/c1-15-6-10-20-14-18(9-13-21(15)20)5-3-4-17-7-11-19(12-8-17)16(2)22;1-2/h3,5,7-9,11-14,22H,1-2,4,6,10H2;1-2H3/b5-3-;. The van der Waals surface area contributed by atoms with Crippen LogP contribution in [0.15, 0.2) is 61.7 Å². The van der Waals surface area contributed by atoms with Crippen LogP contribution in [-0.4, -0.2) is 0 Å². The first kappa shape index (κ1) is 18.4. The Labute approximate surface area is 152 Å². The maximum absolute atomic E-state index is 4.26. The number of rotatable bonds is 4. The van der Waals surface area contributed by atoms with Gasteiger partial charge in [0, 0.05) is 4.91 Å². The van der Waals surface area contributed by atoms with E-state index < -0.39 is 0 Å². The smallest absolute Gasteiger partial charge is 0.00405 e. The van der Waals surface area contributed by atoms with Gasteiger partial charge in [0.2, 0.25) is 0 Å². The van der Waals surface area contributed by atoms with Crippen LogP contribution in [0.25, 0.3) is 16.6 Å². The largest absolute Gasteiger partial charge is 0.143 e. The average molecular weight is 335 g/mol. The second-order valence-corrected chi connectivity index (χ2v) is 6.31. The summed E-state index contributed by atoms with van der Waals surface area (Å²) >= 11 is 4.26. The first-order chi connectivity index (χ1) is 11.6. The molecule has 24 heavy (non-hydrogen) atoms. The zero-order valence-electron chi connectivity index (χ0n) is 14.7. The van der Waals surface area contributed by atoms with Gasteiger partial charge < -0.3 is 0 Å². The van der Waals surface area contributed by atoms with E-state index in [1.807, 2.05) is 13.8 Å². The molecular formula is C23H26S. The van der Waals surface area contributed by atoms with E-state index in [0.717, 1.165) is 29.7 Å². The van der Waals surface area contributed by atoms with Crippen LogP contribution in [0.3, 0.4) is 0 Å². The predicted molar refractivity (Wildman–Crippen MR) is 112 cm³/mol. The van der Waals surface area contributed by atoms with Crippen molar-refractivity contribution in [2.75, 3.05) is 0 Å². The number of benzene rings is 2. The molecule has 1 aliphatic carbocycles. The first-order valence-electron chi connectivity index (χ1n) is 8.58. The lowest BCUT2D eigenvalue weighted by Crippen LogP contribution is -1.84. The molecule has 0 bridgehead atoms. The van der Waals surface area contributed by atoms with Crippen LogP contribution < -0.4 is 0 Å². The Morgan fingerprint density at radius 1 is 1.08 bits per heavy atom. The number of hydrogen-bond acceptors (Lipinski definition) is 1. The molecule has 0 fully saturated rings. The van der Waals surface area contributed by atoms with Gasteiger partial charge in [0.1, 0.15) is 0 Å². The molecule has 0 nitrogen and oxygen atoms in total. The Morgan fingerprint density at radius 2 is 1.79 bits per heavy atom. The number of aryl methyl sites for hydroxylation is 1. The Hall–Kier alpha value is -1.99. The molecule has 0 aliphatic heterocycles. The fraction of sp³-hybridized carbons (Fsp3) is 0.217. The summed E-state index contributed by atoms with van der Waals surface area (Å²) in [6.07, 6.45) is 7.59. The summed E-state index contributed by atoms with van der Waals surface area (Å²) in [6, 6.07) is 15.1. The maximum atomic E-state index is 4.26. The first-order valence-corrected chi connectivity index (χ1v) is 9.03. The highest BCUT2D eigenvalue weighted by Gasteiger charge is 2.13. The van der Waals surface area contributed by atoms with E-state index in [1.54, 1.807) is 0 Å². The molecule has 124 valence electrons. The third-order valence-corrected chi connectivity index (χ3v) is 4.42. The number of hydrogen-bond donors (Lipinski definition) is 1. The Bertz CT molecular complexity index is 748. The van der Waals surface area contributed by atoms with E-state index in [-0.39, 0.29) is 0 Å². The number of thiol groups is 1. The van der Waals surface area contributed by atoms with Gasteiger partial charge >= 0.3 is 0 Å². The van der Waals surface area contributed by atoms with E-state index in [0.29, 0.717) is 0 Å².